The highest BCUT2D eigenvalue weighted by Crippen LogP contribution is 2.46. The molecule has 0 amide bonds. The zero-order chi connectivity index (χ0) is 20.5. The van der Waals surface area contributed by atoms with Gasteiger partial charge in [-0.1, -0.05) is 23.7 Å². The lowest BCUT2D eigenvalue weighted by atomic mass is 9.75. The normalized spacial score (nSPS) is 19.1. The quantitative estimate of drug-likeness (QED) is 0.803. The predicted octanol–water partition coefficient (Wildman–Crippen LogP) is 4.65. The largest absolute Gasteiger partial charge is 0.497 e. The smallest absolute Gasteiger partial charge is 0.161 e. The molecule has 0 saturated carbocycles. The lowest BCUT2D eigenvalue weighted by molar-refractivity contribution is -0.116. The van der Waals surface area contributed by atoms with Crippen molar-refractivity contribution in [1.29, 1.82) is 5.26 Å². The Hall–Kier alpha value is -3.23. The number of carbonyl (C=O) groups is 1. The maximum Gasteiger partial charge on any atom is 0.161 e. The Morgan fingerprint density at radius 2 is 1.83 bits per heavy atom. The van der Waals surface area contributed by atoms with E-state index in [4.69, 9.17) is 22.1 Å². The average molecular weight is 406 g/mol. The van der Waals surface area contributed by atoms with Gasteiger partial charge in [0.15, 0.2) is 5.78 Å². The highest BCUT2D eigenvalue weighted by Gasteiger charge is 2.40. The number of nitrogens with two attached hydrogens (primary N) is 1. The van der Waals surface area contributed by atoms with Crippen LogP contribution >= 0.6 is 11.6 Å². The van der Waals surface area contributed by atoms with Crippen molar-refractivity contribution in [3.63, 3.8) is 0 Å². The Labute approximate surface area is 174 Å². The molecule has 0 unspecified atom stereocenters. The molecule has 2 aromatic carbocycles. The molecule has 6 heteroatoms. The number of ether oxygens (including phenoxy) is 1. The van der Waals surface area contributed by atoms with E-state index in [1.54, 1.807) is 19.2 Å². The van der Waals surface area contributed by atoms with Crippen molar-refractivity contribution in [2.45, 2.75) is 25.2 Å². The first kappa shape index (κ1) is 19.1. The number of carbonyl (C=O) groups excluding carboxylic acids is 1. The van der Waals surface area contributed by atoms with Crippen LogP contribution in [-0.4, -0.2) is 12.9 Å². The molecule has 2 aromatic rings. The summed E-state index contributed by atoms with van der Waals surface area (Å²) in [5.41, 5.74) is 10.0. The van der Waals surface area contributed by atoms with Crippen molar-refractivity contribution < 1.29 is 9.53 Å². The maximum atomic E-state index is 13.0. The van der Waals surface area contributed by atoms with Crippen LogP contribution in [0.4, 0.5) is 5.69 Å². The van der Waals surface area contributed by atoms with E-state index in [1.807, 2.05) is 41.3 Å². The fourth-order valence-corrected chi connectivity index (χ4v) is 4.23. The van der Waals surface area contributed by atoms with Crippen molar-refractivity contribution in [2.75, 3.05) is 12.0 Å². The highest BCUT2D eigenvalue weighted by atomic mass is 35.5. The number of hydrogen-bond acceptors (Lipinski definition) is 5. The predicted molar refractivity (Wildman–Crippen MR) is 112 cm³/mol. The number of methoxy groups -OCH3 is 1. The first-order valence-corrected chi connectivity index (χ1v) is 9.78. The van der Waals surface area contributed by atoms with Gasteiger partial charge in [0, 0.05) is 28.4 Å². The molecule has 1 heterocycles. The third-order valence-corrected chi connectivity index (χ3v) is 5.70. The summed E-state index contributed by atoms with van der Waals surface area (Å²) < 4.78 is 5.24. The molecule has 0 radical (unpaired) electrons. The number of ketones is 1. The second kappa shape index (κ2) is 7.65. The van der Waals surface area contributed by atoms with E-state index in [0.29, 0.717) is 34.2 Å². The van der Waals surface area contributed by atoms with Gasteiger partial charge in [0.2, 0.25) is 0 Å². The molecule has 1 atom stereocenters. The minimum absolute atomic E-state index is 0.0614. The van der Waals surface area contributed by atoms with Crippen LogP contribution < -0.4 is 15.4 Å². The number of halogens is 1. The molecule has 0 bridgehead atoms. The second-order valence-corrected chi connectivity index (χ2v) is 7.50. The van der Waals surface area contributed by atoms with E-state index in [0.717, 1.165) is 29.8 Å². The molecule has 1 aliphatic carbocycles. The molecule has 5 nitrogen and oxygen atoms in total. The summed E-state index contributed by atoms with van der Waals surface area (Å²) in [6.45, 7) is 0. The van der Waals surface area contributed by atoms with Crippen molar-refractivity contribution >= 4 is 23.1 Å². The van der Waals surface area contributed by atoms with Crippen LogP contribution in [0.15, 0.2) is 71.2 Å². The maximum absolute atomic E-state index is 13.0. The van der Waals surface area contributed by atoms with E-state index in [9.17, 15) is 10.1 Å². The van der Waals surface area contributed by atoms with Crippen LogP contribution in [0.1, 0.15) is 30.7 Å². The Bertz CT molecular complexity index is 1060. The molecule has 2 aliphatic rings. The summed E-state index contributed by atoms with van der Waals surface area (Å²) in [5.74, 6) is 0.652. The highest BCUT2D eigenvalue weighted by molar-refractivity contribution is 6.30. The van der Waals surface area contributed by atoms with Gasteiger partial charge in [-0.15, -0.1) is 0 Å². The minimum Gasteiger partial charge on any atom is -0.497 e. The summed E-state index contributed by atoms with van der Waals surface area (Å²) in [7, 11) is 1.60. The molecule has 0 fully saturated rings. The van der Waals surface area contributed by atoms with Crippen LogP contribution in [-0.2, 0) is 4.79 Å². The topological polar surface area (TPSA) is 79.3 Å². The van der Waals surface area contributed by atoms with Crippen molar-refractivity contribution in [2.24, 2.45) is 5.73 Å². The first-order chi connectivity index (χ1) is 14.0. The molecule has 29 heavy (non-hydrogen) atoms. The van der Waals surface area contributed by atoms with Gasteiger partial charge in [-0.05, 0) is 54.8 Å². The molecular formula is C23H20ClN3O2. The van der Waals surface area contributed by atoms with Gasteiger partial charge < -0.3 is 10.5 Å². The van der Waals surface area contributed by atoms with Gasteiger partial charge in [0.05, 0.1) is 24.7 Å². The van der Waals surface area contributed by atoms with Gasteiger partial charge in [0.25, 0.3) is 0 Å². The van der Waals surface area contributed by atoms with Crippen LogP contribution in [0.3, 0.4) is 0 Å². The van der Waals surface area contributed by atoms with Crippen molar-refractivity contribution in [1.82, 2.24) is 0 Å². The standard InChI is InChI=1S/C23H20ClN3O2/c1-29-17-11-5-14(6-12-17)21-18(13-25)23(26)27(16-9-7-15(24)8-10-16)19-3-2-4-20(28)22(19)21/h5-12,21H,2-4,26H2,1H3/t21-/m0/s1. The number of nitriles is 1. The zero-order valence-corrected chi connectivity index (χ0v) is 16.7. The van der Waals surface area contributed by atoms with Gasteiger partial charge in [-0.25, -0.2) is 0 Å². The zero-order valence-electron chi connectivity index (χ0n) is 16.0. The summed E-state index contributed by atoms with van der Waals surface area (Å²) in [6.07, 6.45) is 1.95. The number of benzene rings is 2. The van der Waals surface area contributed by atoms with E-state index in [2.05, 4.69) is 6.07 Å². The number of hydrogen-bond donors (Lipinski definition) is 1. The SMILES string of the molecule is COc1ccc([C@H]2C(C#N)=C(N)N(c3ccc(Cl)cc3)C3=C2C(=O)CCC3)cc1. The van der Waals surface area contributed by atoms with Crippen molar-refractivity contribution in [3.05, 3.63) is 81.8 Å². The number of rotatable bonds is 3. The molecule has 4 rings (SSSR count). The average Bonchev–Trinajstić information content (AvgIpc) is 2.74. The molecule has 1 aliphatic heterocycles. The van der Waals surface area contributed by atoms with Gasteiger partial charge in [-0.2, -0.15) is 5.26 Å². The molecule has 0 spiro atoms. The summed E-state index contributed by atoms with van der Waals surface area (Å²) >= 11 is 6.04. The minimum atomic E-state index is -0.475. The van der Waals surface area contributed by atoms with Crippen LogP contribution in [0.2, 0.25) is 5.02 Å². The molecule has 0 aromatic heterocycles. The third kappa shape index (κ3) is 3.26. The number of nitrogens with zero attached hydrogens (tertiary/aromatic N) is 2. The van der Waals surface area contributed by atoms with Crippen molar-refractivity contribution in [3.8, 4) is 11.8 Å². The summed E-state index contributed by atoms with van der Waals surface area (Å²) in [4.78, 5) is 14.9. The number of Topliss-reactive ketones (excluding diaryl/α,β-unsaturated/α-hetero) is 1. The second-order valence-electron chi connectivity index (χ2n) is 7.07. The first-order valence-electron chi connectivity index (χ1n) is 9.40. The lowest BCUT2D eigenvalue weighted by Crippen LogP contribution is -2.38. The number of anilines is 1. The van der Waals surface area contributed by atoms with Gasteiger partial charge in [0.1, 0.15) is 11.6 Å². The summed E-state index contributed by atoms with van der Waals surface area (Å²) in [5, 5.41) is 10.6. The Kier molecular flexibility index (Phi) is 5.04. The fourth-order valence-electron chi connectivity index (χ4n) is 4.10. The lowest BCUT2D eigenvalue weighted by Gasteiger charge is -2.39. The van der Waals surface area contributed by atoms with E-state index >= 15 is 0 Å². The molecule has 146 valence electrons. The van der Waals surface area contributed by atoms with E-state index in [1.165, 1.54) is 0 Å². The van der Waals surface area contributed by atoms with Crippen LogP contribution in [0.5, 0.6) is 5.75 Å². The van der Waals surface area contributed by atoms with E-state index in [-0.39, 0.29) is 5.78 Å². The fraction of sp³-hybridized carbons (Fsp3) is 0.217. The Morgan fingerprint density at radius 3 is 2.45 bits per heavy atom. The summed E-state index contributed by atoms with van der Waals surface area (Å²) in [6, 6.07) is 17.0. The monoisotopic (exact) mass is 405 g/mol. The van der Waals surface area contributed by atoms with Crippen LogP contribution in [0, 0.1) is 11.3 Å². The van der Waals surface area contributed by atoms with Crippen LogP contribution in [0.25, 0.3) is 0 Å². The Balaban J connectivity index is 1.92. The molecule has 0 saturated heterocycles. The van der Waals surface area contributed by atoms with Gasteiger partial charge in [-0.3, -0.25) is 9.69 Å². The molecule has 2 N–H and O–H groups in total. The molecular weight excluding hydrogens is 386 g/mol. The third-order valence-electron chi connectivity index (χ3n) is 5.45. The van der Waals surface area contributed by atoms with Gasteiger partial charge >= 0.3 is 0 Å². The number of allylic oxidation sites excluding steroid dienone is 3. The Morgan fingerprint density at radius 1 is 1.14 bits per heavy atom. The van der Waals surface area contributed by atoms with E-state index < -0.39 is 5.92 Å².